The van der Waals surface area contributed by atoms with Crippen molar-refractivity contribution in [3.8, 4) is 11.1 Å². The van der Waals surface area contributed by atoms with Crippen LogP contribution in [0.5, 0.6) is 0 Å². The Balaban J connectivity index is 2.67. The molecule has 0 unspecified atom stereocenters. The highest BCUT2D eigenvalue weighted by Gasteiger charge is 2.19. The lowest BCUT2D eigenvalue weighted by Crippen LogP contribution is -2.11. The van der Waals surface area contributed by atoms with Gasteiger partial charge in [0.2, 0.25) is 0 Å². The first kappa shape index (κ1) is 17.1. The quantitative estimate of drug-likeness (QED) is 0.838. The summed E-state index contributed by atoms with van der Waals surface area (Å²) in [4.78, 5) is 16.2. The predicted octanol–water partition coefficient (Wildman–Crippen LogP) is 4.74. The second-order valence-electron chi connectivity index (χ2n) is 6.11. The molecular formula is C19H22FNO2. The van der Waals surface area contributed by atoms with Crippen molar-refractivity contribution in [1.82, 2.24) is 4.98 Å². The van der Waals surface area contributed by atoms with E-state index in [0.717, 1.165) is 12.1 Å². The number of hydrogen-bond acceptors (Lipinski definition) is 2. The summed E-state index contributed by atoms with van der Waals surface area (Å²) >= 11 is 0. The number of hydrogen-bond donors (Lipinski definition) is 1. The number of benzene rings is 1. The van der Waals surface area contributed by atoms with Crippen LogP contribution in [0.25, 0.3) is 11.1 Å². The fraction of sp³-hybridized carbons (Fsp3) is 0.368. The van der Waals surface area contributed by atoms with Crippen LogP contribution in [0.4, 0.5) is 4.39 Å². The van der Waals surface area contributed by atoms with Crippen LogP contribution in [0.15, 0.2) is 30.3 Å². The minimum absolute atomic E-state index is 0.164. The molecule has 0 saturated carbocycles. The van der Waals surface area contributed by atoms with Gasteiger partial charge in [0.15, 0.2) is 0 Å². The van der Waals surface area contributed by atoms with Crippen LogP contribution in [0.1, 0.15) is 48.9 Å². The summed E-state index contributed by atoms with van der Waals surface area (Å²) in [7, 11) is 0. The van der Waals surface area contributed by atoms with Crippen molar-refractivity contribution in [2.24, 2.45) is 5.92 Å². The summed E-state index contributed by atoms with van der Waals surface area (Å²) in [6.45, 7) is 6.08. The molecule has 2 aromatic rings. The number of carboxylic acids is 1. The molecule has 1 aromatic carbocycles. The summed E-state index contributed by atoms with van der Waals surface area (Å²) in [6, 6.07) is 8.00. The van der Waals surface area contributed by atoms with E-state index in [0.29, 0.717) is 35.6 Å². The lowest BCUT2D eigenvalue weighted by Gasteiger charge is -2.15. The van der Waals surface area contributed by atoms with Crippen molar-refractivity contribution in [2.45, 2.75) is 40.0 Å². The van der Waals surface area contributed by atoms with Gasteiger partial charge in [-0.3, -0.25) is 4.98 Å². The van der Waals surface area contributed by atoms with Crippen molar-refractivity contribution in [3.05, 3.63) is 53.1 Å². The molecule has 1 heterocycles. The van der Waals surface area contributed by atoms with E-state index in [4.69, 9.17) is 0 Å². The van der Waals surface area contributed by atoms with Gasteiger partial charge in [0.05, 0.1) is 11.3 Å². The molecule has 0 aliphatic rings. The highest BCUT2D eigenvalue weighted by Crippen LogP contribution is 2.29. The highest BCUT2D eigenvalue weighted by atomic mass is 19.1. The Morgan fingerprint density at radius 2 is 1.91 bits per heavy atom. The van der Waals surface area contributed by atoms with Crippen molar-refractivity contribution in [3.63, 3.8) is 0 Å². The van der Waals surface area contributed by atoms with Crippen LogP contribution in [0.2, 0.25) is 0 Å². The molecule has 0 atom stereocenters. The minimum atomic E-state index is -1.02. The number of nitrogens with zero attached hydrogens (tertiary/aromatic N) is 1. The zero-order chi connectivity index (χ0) is 17.0. The van der Waals surface area contributed by atoms with Crippen LogP contribution in [0.3, 0.4) is 0 Å². The molecule has 0 aliphatic carbocycles. The average molecular weight is 315 g/mol. The van der Waals surface area contributed by atoms with Crippen LogP contribution < -0.4 is 0 Å². The largest absolute Gasteiger partial charge is 0.478 e. The molecule has 3 nitrogen and oxygen atoms in total. The maximum Gasteiger partial charge on any atom is 0.337 e. The molecule has 2 rings (SSSR count). The van der Waals surface area contributed by atoms with Gasteiger partial charge < -0.3 is 5.11 Å². The molecule has 0 amide bonds. The zero-order valence-electron chi connectivity index (χ0n) is 13.8. The zero-order valence-corrected chi connectivity index (χ0v) is 13.8. The van der Waals surface area contributed by atoms with E-state index in [2.05, 4.69) is 4.98 Å². The van der Waals surface area contributed by atoms with E-state index >= 15 is 0 Å². The van der Waals surface area contributed by atoms with Crippen molar-refractivity contribution < 1.29 is 14.3 Å². The van der Waals surface area contributed by atoms with Crippen LogP contribution in [-0.4, -0.2) is 16.1 Å². The fourth-order valence-electron chi connectivity index (χ4n) is 2.66. The number of rotatable bonds is 6. The average Bonchev–Trinajstić information content (AvgIpc) is 2.48. The van der Waals surface area contributed by atoms with Gasteiger partial charge in [-0.1, -0.05) is 45.4 Å². The van der Waals surface area contributed by atoms with E-state index in [9.17, 15) is 14.3 Å². The van der Waals surface area contributed by atoms with Gasteiger partial charge in [0.25, 0.3) is 0 Å². The molecule has 1 aromatic heterocycles. The number of pyridine rings is 1. The third-order valence-corrected chi connectivity index (χ3v) is 3.66. The van der Waals surface area contributed by atoms with Gasteiger partial charge in [-0.25, -0.2) is 9.18 Å². The Hall–Kier alpha value is -2.23. The maximum absolute atomic E-state index is 14.2. The first-order valence-electron chi connectivity index (χ1n) is 7.95. The first-order chi connectivity index (χ1) is 10.9. The van der Waals surface area contributed by atoms with Crippen molar-refractivity contribution >= 4 is 5.97 Å². The molecule has 23 heavy (non-hydrogen) atoms. The topological polar surface area (TPSA) is 50.2 Å². The van der Waals surface area contributed by atoms with Gasteiger partial charge in [0.1, 0.15) is 5.82 Å². The van der Waals surface area contributed by atoms with E-state index in [1.165, 1.54) is 6.07 Å². The second kappa shape index (κ2) is 7.36. The van der Waals surface area contributed by atoms with E-state index in [1.807, 2.05) is 20.8 Å². The van der Waals surface area contributed by atoms with Crippen LogP contribution in [0, 0.1) is 11.7 Å². The summed E-state index contributed by atoms with van der Waals surface area (Å²) in [5, 5.41) is 9.51. The lowest BCUT2D eigenvalue weighted by atomic mass is 9.95. The lowest BCUT2D eigenvalue weighted by molar-refractivity contribution is 0.0695. The first-order valence-corrected chi connectivity index (χ1v) is 7.95. The van der Waals surface area contributed by atoms with Gasteiger partial charge in [-0.2, -0.15) is 0 Å². The number of halogens is 1. The number of aryl methyl sites for hydroxylation is 1. The Morgan fingerprint density at radius 3 is 2.48 bits per heavy atom. The number of carboxylic acid groups (broad SMARTS) is 1. The number of aromatic carboxylic acids is 1. The predicted molar refractivity (Wildman–Crippen MR) is 89.1 cm³/mol. The normalized spacial score (nSPS) is 11.0. The number of aromatic nitrogens is 1. The van der Waals surface area contributed by atoms with Crippen molar-refractivity contribution in [2.75, 3.05) is 0 Å². The third-order valence-electron chi connectivity index (χ3n) is 3.66. The molecular weight excluding hydrogens is 293 g/mol. The summed E-state index contributed by atoms with van der Waals surface area (Å²) in [6.07, 6.45) is 2.15. The summed E-state index contributed by atoms with van der Waals surface area (Å²) in [5.41, 5.74) is 2.49. The fourth-order valence-corrected chi connectivity index (χ4v) is 2.66. The van der Waals surface area contributed by atoms with Crippen LogP contribution >= 0.6 is 0 Å². The molecule has 122 valence electrons. The van der Waals surface area contributed by atoms with Gasteiger partial charge >= 0.3 is 5.97 Å². The Bertz CT molecular complexity index is 711. The summed E-state index contributed by atoms with van der Waals surface area (Å²) in [5.74, 6) is -1.08. The summed E-state index contributed by atoms with van der Waals surface area (Å²) < 4.78 is 14.2. The smallest absolute Gasteiger partial charge is 0.337 e. The van der Waals surface area contributed by atoms with Gasteiger partial charge in [-0.15, -0.1) is 0 Å². The molecule has 0 aliphatic heterocycles. The van der Waals surface area contributed by atoms with Gasteiger partial charge in [0, 0.05) is 16.8 Å². The Morgan fingerprint density at radius 1 is 1.22 bits per heavy atom. The molecule has 0 spiro atoms. The molecule has 0 saturated heterocycles. The van der Waals surface area contributed by atoms with E-state index in [-0.39, 0.29) is 11.4 Å². The van der Waals surface area contributed by atoms with Crippen molar-refractivity contribution in [1.29, 1.82) is 0 Å². The second-order valence-corrected chi connectivity index (χ2v) is 6.11. The molecule has 0 fully saturated rings. The molecule has 0 radical (unpaired) electrons. The third kappa shape index (κ3) is 3.95. The number of carbonyl (C=O) groups is 1. The highest BCUT2D eigenvalue weighted by molar-refractivity contribution is 5.91. The standard InChI is InChI=1S/C19H22FNO2/c1-4-7-17-14(13-8-5-6-9-16(13)20)11-15(19(22)23)18(21-17)10-12(2)3/h5-6,8-9,11-12H,4,7,10H2,1-3H3,(H,22,23). The van der Waals surface area contributed by atoms with Gasteiger partial charge in [-0.05, 0) is 30.9 Å². The SMILES string of the molecule is CCCc1nc(CC(C)C)c(C(=O)O)cc1-c1ccccc1F. The minimum Gasteiger partial charge on any atom is -0.478 e. The maximum atomic E-state index is 14.2. The molecule has 0 bridgehead atoms. The molecule has 1 N–H and O–H groups in total. The van der Waals surface area contributed by atoms with Crippen LogP contribution in [-0.2, 0) is 12.8 Å². The van der Waals surface area contributed by atoms with E-state index in [1.54, 1.807) is 24.3 Å². The molecule has 4 heteroatoms. The Labute approximate surface area is 136 Å². The Kier molecular flexibility index (Phi) is 5.48. The van der Waals surface area contributed by atoms with E-state index < -0.39 is 5.97 Å². The monoisotopic (exact) mass is 315 g/mol.